The van der Waals surface area contributed by atoms with Crippen LogP contribution in [-0.4, -0.2) is 32.0 Å². The number of nitrogens with one attached hydrogen (secondary N) is 1. The highest BCUT2D eigenvalue weighted by Gasteiger charge is 2.53. The zero-order valence-corrected chi connectivity index (χ0v) is 16.9. The first-order valence-corrected chi connectivity index (χ1v) is 9.71. The van der Waals surface area contributed by atoms with Crippen molar-refractivity contribution in [3.63, 3.8) is 0 Å². The Balaban J connectivity index is 1.80. The van der Waals surface area contributed by atoms with Gasteiger partial charge in [0.15, 0.2) is 5.78 Å². The predicted octanol–water partition coefficient (Wildman–Crippen LogP) is 5.15. The number of carboxylic acid groups (broad SMARTS) is 1. The van der Waals surface area contributed by atoms with E-state index in [2.05, 4.69) is 15.2 Å². The number of aromatic amines is 1. The van der Waals surface area contributed by atoms with E-state index < -0.39 is 40.7 Å². The minimum atomic E-state index is -3.73. The van der Waals surface area contributed by atoms with Gasteiger partial charge in [-0.15, -0.1) is 0 Å². The van der Waals surface area contributed by atoms with Crippen LogP contribution < -0.4 is 0 Å². The molecular weight excluding hydrogens is 458 g/mol. The minimum absolute atomic E-state index is 0.0542. The molecule has 2 heterocycles. The van der Waals surface area contributed by atoms with Gasteiger partial charge in [-0.3, -0.25) is 9.89 Å². The number of hydrogen-bond donors (Lipinski definition) is 2. The van der Waals surface area contributed by atoms with Gasteiger partial charge in [-0.2, -0.15) is 5.10 Å². The fourth-order valence-corrected chi connectivity index (χ4v) is 4.24. The van der Waals surface area contributed by atoms with Gasteiger partial charge in [-0.1, -0.05) is 23.2 Å². The molecule has 0 radical (unpaired) electrons. The molecule has 2 N–H and O–H groups in total. The number of fused-ring (bicyclic) bond motifs is 1. The van der Waals surface area contributed by atoms with Crippen molar-refractivity contribution in [1.29, 1.82) is 0 Å². The summed E-state index contributed by atoms with van der Waals surface area (Å²) in [4.78, 5) is 27.7. The molecule has 1 aliphatic carbocycles. The Bertz CT molecular complexity index is 1210. The highest BCUT2D eigenvalue weighted by molar-refractivity contribution is 6.39. The van der Waals surface area contributed by atoms with Crippen molar-refractivity contribution in [3.05, 3.63) is 68.8 Å². The molecule has 0 bridgehead atoms. The molecule has 0 saturated heterocycles. The van der Waals surface area contributed by atoms with Gasteiger partial charge in [-0.25, -0.2) is 22.9 Å². The molecule has 1 aromatic carbocycles. The van der Waals surface area contributed by atoms with Gasteiger partial charge in [0.1, 0.15) is 16.7 Å². The number of halogens is 5. The van der Waals surface area contributed by atoms with Crippen LogP contribution in [0.25, 0.3) is 11.3 Å². The van der Waals surface area contributed by atoms with Gasteiger partial charge in [0.2, 0.25) is 0 Å². The van der Waals surface area contributed by atoms with E-state index in [4.69, 9.17) is 28.3 Å². The SMILES string of the molecule is O=C(O)c1ccc(-c2n[nH]c3c2C(F)(F)C(C(=O)c2c(Cl)ccnc2Cl)CC3)c(F)c1. The van der Waals surface area contributed by atoms with Gasteiger partial charge in [0.05, 0.1) is 27.6 Å². The van der Waals surface area contributed by atoms with Crippen molar-refractivity contribution in [1.82, 2.24) is 15.2 Å². The summed E-state index contributed by atoms with van der Waals surface area (Å²) in [6.07, 6.45) is 1.08. The Kier molecular flexibility index (Phi) is 5.26. The van der Waals surface area contributed by atoms with Crippen molar-refractivity contribution < 1.29 is 27.9 Å². The molecule has 3 aromatic rings. The van der Waals surface area contributed by atoms with Crippen molar-refractivity contribution in [2.24, 2.45) is 5.92 Å². The molecule has 0 aliphatic heterocycles. The molecule has 6 nitrogen and oxygen atoms in total. The average Bonchev–Trinajstić information content (AvgIpc) is 3.13. The molecule has 31 heavy (non-hydrogen) atoms. The number of aromatic nitrogens is 3. The number of alkyl halides is 2. The lowest BCUT2D eigenvalue weighted by Crippen LogP contribution is -2.37. The topological polar surface area (TPSA) is 95.9 Å². The lowest BCUT2D eigenvalue weighted by atomic mass is 9.78. The van der Waals surface area contributed by atoms with E-state index in [0.717, 1.165) is 18.2 Å². The lowest BCUT2D eigenvalue weighted by Gasteiger charge is -2.31. The Morgan fingerprint density at radius 2 is 1.97 bits per heavy atom. The second-order valence-corrected chi connectivity index (χ2v) is 7.73. The molecule has 1 aliphatic rings. The van der Waals surface area contributed by atoms with Crippen LogP contribution in [0.4, 0.5) is 13.2 Å². The van der Waals surface area contributed by atoms with Gasteiger partial charge >= 0.3 is 5.97 Å². The molecule has 0 fully saturated rings. The van der Waals surface area contributed by atoms with Crippen LogP contribution in [0.1, 0.15) is 38.4 Å². The summed E-state index contributed by atoms with van der Waals surface area (Å²) in [6, 6.07) is 4.14. The van der Waals surface area contributed by atoms with E-state index in [-0.39, 0.29) is 45.4 Å². The molecule has 0 saturated carbocycles. The highest BCUT2D eigenvalue weighted by Crippen LogP contribution is 2.49. The van der Waals surface area contributed by atoms with Gasteiger partial charge in [-0.05, 0) is 37.1 Å². The number of rotatable bonds is 4. The number of benzene rings is 1. The summed E-state index contributed by atoms with van der Waals surface area (Å²) in [5, 5.41) is 14.9. The molecule has 2 aromatic heterocycles. The predicted molar refractivity (Wildman–Crippen MR) is 105 cm³/mol. The van der Waals surface area contributed by atoms with Crippen molar-refractivity contribution in [3.8, 4) is 11.3 Å². The summed E-state index contributed by atoms with van der Waals surface area (Å²) in [7, 11) is 0. The zero-order valence-electron chi connectivity index (χ0n) is 15.4. The van der Waals surface area contributed by atoms with E-state index in [1.807, 2.05) is 0 Å². The van der Waals surface area contributed by atoms with E-state index in [1.54, 1.807) is 0 Å². The normalized spacial score (nSPS) is 17.3. The van der Waals surface area contributed by atoms with Crippen molar-refractivity contribution in [2.75, 3.05) is 0 Å². The average molecular weight is 470 g/mol. The Morgan fingerprint density at radius 3 is 2.61 bits per heavy atom. The first-order chi connectivity index (χ1) is 14.6. The summed E-state index contributed by atoms with van der Waals surface area (Å²) in [5.41, 5.74) is -1.90. The van der Waals surface area contributed by atoms with Crippen LogP contribution in [0.15, 0.2) is 30.5 Å². The third-order valence-electron chi connectivity index (χ3n) is 5.18. The van der Waals surface area contributed by atoms with E-state index in [9.17, 15) is 14.0 Å². The third-order valence-corrected chi connectivity index (χ3v) is 5.78. The maximum atomic E-state index is 15.6. The second kappa shape index (κ2) is 7.65. The molecule has 1 atom stereocenters. The second-order valence-electron chi connectivity index (χ2n) is 6.96. The Hall–Kier alpha value is -2.91. The molecule has 1 unspecified atom stereocenters. The molecular formula is C20H12Cl2F3N3O3. The Morgan fingerprint density at radius 1 is 1.23 bits per heavy atom. The number of H-pyrrole nitrogens is 1. The summed E-state index contributed by atoms with van der Waals surface area (Å²) in [6.45, 7) is 0. The van der Waals surface area contributed by atoms with Crippen molar-refractivity contribution in [2.45, 2.75) is 18.8 Å². The molecule has 11 heteroatoms. The molecule has 0 spiro atoms. The smallest absolute Gasteiger partial charge is 0.335 e. The lowest BCUT2D eigenvalue weighted by molar-refractivity contribution is -0.0606. The van der Waals surface area contributed by atoms with Crippen LogP contribution in [0.3, 0.4) is 0 Å². The number of Topliss-reactive ketones (excluding diaryl/α,β-unsaturated/α-hetero) is 1. The number of aryl methyl sites for hydroxylation is 1. The van der Waals surface area contributed by atoms with Crippen LogP contribution in [0, 0.1) is 11.7 Å². The van der Waals surface area contributed by atoms with Crippen LogP contribution >= 0.6 is 23.2 Å². The van der Waals surface area contributed by atoms with Crippen LogP contribution in [0.5, 0.6) is 0 Å². The van der Waals surface area contributed by atoms with Crippen LogP contribution in [-0.2, 0) is 12.3 Å². The summed E-state index contributed by atoms with van der Waals surface area (Å²) >= 11 is 11.9. The van der Waals surface area contributed by atoms with E-state index in [1.165, 1.54) is 12.3 Å². The van der Waals surface area contributed by atoms with Gasteiger partial charge < -0.3 is 5.11 Å². The first-order valence-electron chi connectivity index (χ1n) is 8.95. The monoisotopic (exact) mass is 469 g/mol. The molecule has 0 amide bonds. The quantitative estimate of drug-likeness (QED) is 0.406. The minimum Gasteiger partial charge on any atom is -0.478 e. The molecule has 4 rings (SSSR count). The van der Waals surface area contributed by atoms with Gasteiger partial charge in [0, 0.05) is 17.5 Å². The summed E-state index contributed by atoms with van der Waals surface area (Å²) in [5.74, 6) is -8.93. The third kappa shape index (κ3) is 3.47. The largest absolute Gasteiger partial charge is 0.478 e. The number of pyridine rings is 1. The standard InChI is InChI=1S/C20H12Cl2F3N3O3/c21-11-5-6-26-18(22)14(11)17(29)10-3-4-13-15(20(10,24)25)16(28-27-13)9-2-1-8(19(30)31)7-12(9)23/h1-2,5-7,10H,3-4H2,(H,27,28)(H,30,31). The van der Waals surface area contributed by atoms with E-state index in [0.29, 0.717) is 0 Å². The fourth-order valence-electron chi connectivity index (χ4n) is 3.70. The van der Waals surface area contributed by atoms with E-state index >= 15 is 8.78 Å². The van der Waals surface area contributed by atoms with Gasteiger partial charge in [0.25, 0.3) is 5.92 Å². The highest BCUT2D eigenvalue weighted by atomic mass is 35.5. The fraction of sp³-hybridized carbons (Fsp3) is 0.200. The number of nitrogens with zero attached hydrogens (tertiary/aromatic N) is 2. The maximum absolute atomic E-state index is 15.6. The molecule has 160 valence electrons. The number of aromatic carboxylic acids is 1. The van der Waals surface area contributed by atoms with Crippen molar-refractivity contribution >= 4 is 35.0 Å². The maximum Gasteiger partial charge on any atom is 0.335 e. The zero-order chi connectivity index (χ0) is 22.5. The summed E-state index contributed by atoms with van der Waals surface area (Å²) < 4.78 is 45.7. The number of ketones is 1. The van der Waals surface area contributed by atoms with Crippen LogP contribution in [0.2, 0.25) is 10.2 Å². The number of carbonyl (C=O) groups excluding carboxylic acids is 1. The Labute approximate surface area is 183 Å². The number of hydrogen-bond acceptors (Lipinski definition) is 4. The number of carboxylic acids is 1. The first kappa shape index (κ1) is 21.3. The number of carbonyl (C=O) groups is 2.